The summed E-state index contributed by atoms with van der Waals surface area (Å²) in [6.45, 7) is 0. The molecule has 0 aliphatic carbocycles. The maximum Gasteiger partial charge on any atom is 0.107 e. The van der Waals surface area contributed by atoms with E-state index >= 15 is 0 Å². The van der Waals surface area contributed by atoms with Crippen LogP contribution in [0.5, 0.6) is 0 Å². The van der Waals surface area contributed by atoms with Crippen molar-refractivity contribution in [3.05, 3.63) is 90.3 Å². The van der Waals surface area contributed by atoms with Gasteiger partial charge in [0.05, 0.1) is 5.69 Å². The first kappa shape index (κ1) is 13.7. The van der Waals surface area contributed by atoms with Crippen molar-refractivity contribution in [2.45, 2.75) is 6.10 Å². The molecule has 0 aliphatic heterocycles. The third-order valence-electron chi connectivity index (χ3n) is 4.10. The van der Waals surface area contributed by atoms with Gasteiger partial charge < -0.3 is 10.1 Å². The molecule has 0 unspecified atom stereocenters. The van der Waals surface area contributed by atoms with Gasteiger partial charge in [-0.05, 0) is 29.3 Å². The number of hydrogen-bond donors (Lipinski definition) is 2. The Hall–Kier alpha value is -2.91. The molecule has 0 spiro atoms. The summed E-state index contributed by atoms with van der Waals surface area (Å²) >= 11 is 0. The largest absolute Gasteiger partial charge is 0.384 e. The molecule has 0 radical (unpaired) electrons. The van der Waals surface area contributed by atoms with Gasteiger partial charge in [0, 0.05) is 28.9 Å². The minimum atomic E-state index is -0.704. The van der Waals surface area contributed by atoms with Gasteiger partial charge in [-0.3, -0.25) is 4.98 Å². The van der Waals surface area contributed by atoms with E-state index in [1.807, 2.05) is 66.7 Å². The summed E-state index contributed by atoms with van der Waals surface area (Å²) in [7, 11) is 0. The topological polar surface area (TPSA) is 48.9 Å². The molecule has 0 bridgehead atoms. The van der Waals surface area contributed by atoms with Crippen LogP contribution < -0.4 is 0 Å². The molecule has 2 aromatic carbocycles. The van der Waals surface area contributed by atoms with Gasteiger partial charge in [-0.15, -0.1) is 0 Å². The number of aromatic amines is 1. The summed E-state index contributed by atoms with van der Waals surface area (Å²) in [5, 5.41) is 12.0. The quantitative estimate of drug-likeness (QED) is 0.592. The number of para-hydroxylation sites is 1. The lowest BCUT2D eigenvalue weighted by molar-refractivity contribution is 0.222. The zero-order valence-corrected chi connectivity index (χ0v) is 12.5. The molecule has 2 aromatic heterocycles. The second-order valence-corrected chi connectivity index (χ2v) is 5.51. The first-order chi connectivity index (χ1) is 11.3. The third kappa shape index (κ3) is 2.41. The van der Waals surface area contributed by atoms with Crippen molar-refractivity contribution in [2.24, 2.45) is 0 Å². The van der Waals surface area contributed by atoms with Crippen LogP contribution in [0.2, 0.25) is 0 Å². The summed E-state index contributed by atoms with van der Waals surface area (Å²) < 4.78 is 0. The van der Waals surface area contributed by atoms with Crippen LogP contribution in [0.3, 0.4) is 0 Å². The normalized spacial score (nSPS) is 12.4. The van der Waals surface area contributed by atoms with Gasteiger partial charge in [0.2, 0.25) is 0 Å². The second-order valence-electron chi connectivity index (χ2n) is 5.51. The number of nitrogens with one attached hydrogen (secondary N) is 1. The van der Waals surface area contributed by atoms with Gasteiger partial charge in [0.1, 0.15) is 6.10 Å². The summed E-state index contributed by atoms with van der Waals surface area (Å²) in [4.78, 5) is 7.49. The minimum absolute atomic E-state index is 0.704. The number of H-pyrrole nitrogens is 1. The molecule has 23 heavy (non-hydrogen) atoms. The molecule has 1 atom stereocenters. The first-order valence-electron chi connectivity index (χ1n) is 7.58. The van der Waals surface area contributed by atoms with Crippen LogP contribution >= 0.6 is 0 Å². The van der Waals surface area contributed by atoms with E-state index in [9.17, 15) is 5.11 Å². The van der Waals surface area contributed by atoms with Crippen molar-refractivity contribution < 1.29 is 5.11 Å². The Morgan fingerprint density at radius 2 is 1.52 bits per heavy atom. The minimum Gasteiger partial charge on any atom is -0.384 e. The van der Waals surface area contributed by atoms with Crippen molar-refractivity contribution in [3.8, 4) is 11.3 Å². The van der Waals surface area contributed by atoms with Crippen molar-refractivity contribution in [2.75, 3.05) is 0 Å². The Morgan fingerprint density at radius 1 is 0.826 bits per heavy atom. The zero-order chi connectivity index (χ0) is 15.6. The van der Waals surface area contributed by atoms with Crippen LogP contribution in [-0.4, -0.2) is 15.1 Å². The number of benzene rings is 2. The van der Waals surface area contributed by atoms with Gasteiger partial charge in [0.15, 0.2) is 0 Å². The fourth-order valence-electron chi connectivity index (χ4n) is 2.99. The molecular formula is C20H16N2O. The molecule has 0 saturated heterocycles. The first-order valence-corrected chi connectivity index (χ1v) is 7.58. The van der Waals surface area contributed by atoms with Crippen LogP contribution in [0.15, 0.2) is 79.1 Å². The second kappa shape index (κ2) is 5.71. The van der Waals surface area contributed by atoms with Gasteiger partial charge in [-0.1, -0.05) is 48.5 Å². The number of aliphatic hydroxyl groups is 1. The fraction of sp³-hybridized carbons (Fsp3) is 0.0500. The highest BCUT2D eigenvalue weighted by Gasteiger charge is 2.21. The van der Waals surface area contributed by atoms with Crippen LogP contribution in [0.1, 0.15) is 17.2 Å². The summed E-state index contributed by atoms with van der Waals surface area (Å²) in [6.07, 6.45) is 2.70. The van der Waals surface area contributed by atoms with Crippen LogP contribution in [0.25, 0.3) is 22.2 Å². The number of aromatic nitrogens is 2. The number of nitrogens with zero attached hydrogens (tertiary/aromatic N) is 1. The zero-order valence-electron chi connectivity index (χ0n) is 12.5. The molecule has 112 valence electrons. The van der Waals surface area contributed by atoms with E-state index in [0.29, 0.717) is 0 Å². The highest BCUT2D eigenvalue weighted by atomic mass is 16.3. The average Bonchev–Trinajstić information content (AvgIpc) is 3.02. The summed E-state index contributed by atoms with van der Waals surface area (Å²) in [6, 6.07) is 21.9. The molecule has 3 nitrogen and oxygen atoms in total. The summed E-state index contributed by atoms with van der Waals surface area (Å²) in [5.41, 5.74) is 4.78. The van der Waals surface area contributed by atoms with Gasteiger partial charge in [-0.2, -0.15) is 0 Å². The highest BCUT2D eigenvalue weighted by Crippen LogP contribution is 2.37. The molecule has 0 aliphatic rings. The molecule has 0 amide bonds. The Morgan fingerprint density at radius 3 is 2.30 bits per heavy atom. The smallest absolute Gasteiger partial charge is 0.107 e. The molecule has 4 rings (SSSR count). The lowest BCUT2D eigenvalue weighted by Crippen LogP contribution is -2.01. The predicted octanol–water partition coefficient (Wildman–Crippen LogP) is 4.31. The Labute approximate surface area is 134 Å². The van der Waals surface area contributed by atoms with E-state index in [2.05, 4.69) is 9.97 Å². The molecule has 2 N–H and O–H groups in total. The Kier molecular flexibility index (Phi) is 3.41. The van der Waals surface area contributed by atoms with E-state index in [1.165, 1.54) is 0 Å². The molecule has 2 heterocycles. The maximum absolute atomic E-state index is 11.0. The van der Waals surface area contributed by atoms with E-state index in [0.717, 1.165) is 33.3 Å². The monoisotopic (exact) mass is 300 g/mol. The molecule has 0 fully saturated rings. The average molecular weight is 300 g/mol. The summed E-state index contributed by atoms with van der Waals surface area (Å²) in [5.74, 6) is 0. The Bertz CT molecular complexity index is 930. The number of hydrogen-bond acceptors (Lipinski definition) is 2. The fourth-order valence-corrected chi connectivity index (χ4v) is 2.99. The van der Waals surface area contributed by atoms with Crippen molar-refractivity contribution >= 4 is 10.9 Å². The number of pyridine rings is 1. The maximum atomic E-state index is 11.0. The van der Waals surface area contributed by atoms with Crippen molar-refractivity contribution in [1.82, 2.24) is 9.97 Å². The van der Waals surface area contributed by atoms with Gasteiger partial charge in [-0.25, -0.2) is 0 Å². The SMILES string of the molecule is O[C@@H](c1ccncc1)c1c(-c2ccccc2)[nH]c2ccccc12. The van der Waals surface area contributed by atoms with Crippen molar-refractivity contribution in [3.63, 3.8) is 0 Å². The van der Waals surface area contributed by atoms with E-state index in [-0.39, 0.29) is 0 Å². The molecule has 0 saturated carbocycles. The lowest BCUT2D eigenvalue weighted by atomic mass is 9.96. The van der Waals surface area contributed by atoms with E-state index in [1.54, 1.807) is 12.4 Å². The van der Waals surface area contributed by atoms with Gasteiger partial charge >= 0.3 is 0 Å². The third-order valence-corrected chi connectivity index (χ3v) is 4.10. The van der Waals surface area contributed by atoms with E-state index < -0.39 is 6.10 Å². The highest BCUT2D eigenvalue weighted by molar-refractivity contribution is 5.91. The molecule has 4 aromatic rings. The van der Waals surface area contributed by atoms with Crippen LogP contribution in [-0.2, 0) is 0 Å². The lowest BCUT2D eigenvalue weighted by Gasteiger charge is -2.13. The number of rotatable bonds is 3. The Balaban J connectivity index is 1.97. The van der Waals surface area contributed by atoms with Crippen LogP contribution in [0, 0.1) is 0 Å². The molecular weight excluding hydrogens is 284 g/mol. The van der Waals surface area contributed by atoms with Crippen molar-refractivity contribution in [1.29, 1.82) is 0 Å². The van der Waals surface area contributed by atoms with Gasteiger partial charge in [0.25, 0.3) is 0 Å². The predicted molar refractivity (Wildman–Crippen MR) is 92.0 cm³/mol. The van der Waals surface area contributed by atoms with Crippen LogP contribution in [0.4, 0.5) is 0 Å². The molecule has 3 heteroatoms. The number of fused-ring (bicyclic) bond motifs is 1. The number of aliphatic hydroxyl groups excluding tert-OH is 1. The standard InChI is InChI=1S/C20H16N2O/c23-20(15-10-12-21-13-11-15)18-16-8-4-5-9-17(16)22-19(18)14-6-2-1-3-7-14/h1-13,20,22-23H/t20-/m0/s1. The van der Waals surface area contributed by atoms with E-state index in [4.69, 9.17) is 0 Å².